The summed E-state index contributed by atoms with van der Waals surface area (Å²) < 4.78 is 10.3. The highest BCUT2D eigenvalue weighted by atomic mass is 31.0. The molecule has 4 nitrogen and oxygen atoms in total. The zero-order valence-electron chi connectivity index (χ0n) is 8.41. The van der Waals surface area contributed by atoms with Crippen molar-refractivity contribution in [2.75, 3.05) is 0 Å². The van der Waals surface area contributed by atoms with Crippen LogP contribution in [0.1, 0.15) is 6.92 Å². The van der Waals surface area contributed by atoms with Crippen LogP contribution in [0.15, 0.2) is 24.3 Å². The molecule has 0 aliphatic heterocycles. The van der Waals surface area contributed by atoms with Gasteiger partial charge in [-0.3, -0.25) is 0 Å². The molecule has 0 bridgehead atoms. The van der Waals surface area contributed by atoms with Crippen molar-refractivity contribution in [3.63, 3.8) is 0 Å². The number of allylic oxidation sites excluding steroid dienone is 1. The van der Waals surface area contributed by atoms with Crippen molar-refractivity contribution in [2.24, 2.45) is 0 Å². The van der Waals surface area contributed by atoms with E-state index in [1.165, 1.54) is 12.2 Å². The second kappa shape index (κ2) is 5.49. The fourth-order valence-corrected chi connectivity index (χ4v) is 2.45. The quantitative estimate of drug-likeness (QED) is 0.568. The highest BCUT2D eigenvalue weighted by Gasteiger charge is 2.48. The number of hydrogen-bond donors (Lipinski definition) is 2. The van der Waals surface area contributed by atoms with Crippen molar-refractivity contribution in [1.29, 1.82) is 0 Å². The lowest BCUT2D eigenvalue weighted by atomic mass is 9.82. The van der Waals surface area contributed by atoms with Gasteiger partial charge >= 0.3 is 0 Å². The molecule has 6 heteroatoms. The first-order valence-corrected chi connectivity index (χ1v) is 5.48. The minimum absolute atomic E-state index is 0.670. The van der Waals surface area contributed by atoms with Crippen LogP contribution < -0.4 is 0 Å². The SMILES string of the molecule is C/C=C\[C@]1(OP)[C@H](O)C=C[C@H](O)[C@H]1OP. The van der Waals surface area contributed by atoms with Crippen molar-refractivity contribution >= 4 is 18.9 Å². The molecule has 15 heavy (non-hydrogen) atoms. The second-order valence-electron chi connectivity index (χ2n) is 3.35. The van der Waals surface area contributed by atoms with Crippen molar-refractivity contribution in [1.82, 2.24) is 0 Å². The van der Waals surface area contributed by atoms with Gasteiger partial charge in [-0.25, -0.2) is 0 Å². The van der Waals surface area contributed by atoms with E-state index in [0.29, 0.717) is 0 Å². The number of aliphatic hydroxyl groups excluding tert-OH is 2. The smallest absolute Gasteiger partial charge is 0.148 e. The Hall–Kier alpha value is 0.180. The molecule has 1 aliphatic carbocycles. The van der Waals surface area contributed by atoms with Crippen LogP contribution >= 0.6 is 18.9 Å². The minimum Gasteiger partial charge on any atom is -0.386 e. The maximum atomic E-state index is 9.89. The van der Waals surface area contributed by atoms with E-state index < -0.39 is 23.9 Å². The van der Waals surface area contributed by atoms with Gasteiger partial charge in [0.15, 0.2) is 0 Å². The van der Waals surface area contributed by atoms with Gasteiger partial charge in [0, 0.05) is 18.9 Å². The largest absolute Gasteiger partial charge is 0.386 e. The van der Waals surface area contributed by atoms with E-state index in [1.54, 1.807) is 12.2 Å². The molecule has 0 heterocycles. The van der Waals surface area contributed by atoms with Crippen molar-refractivity contribution in [2.45, 2.75) is 30.8 Å². The molecular formula is C9H16O4P2. The van der Waals surface area contributed by atoms with Gasteiger partial charge in [-0.15, -0.1) is 0 Å². The molecule has 1 rings (SSSR count). The average molecular weight is 250 g/mol. The van der Waals surface area contributed by atoms with E-state index in [9.17, 15) is 10.2 Å². The summed E-state index contributed by atoms with van der Waals surface area (Å²) in [5, 5.41) is 19.6. The summed E-state index contributed by atoms with van der Waals surface area (Å²) in [6, 6.07) is 0. The van der Waals surface area contributed by atoms with Crippen LogP contribution in [0.2, 0.25) is 0 Å². The van der Waals surface area contributed by atoms with Crippen LogP contribution in [0.3, 0.4) is 0 Å². The van der Waals surface area contributed by atoms with Gasteiger partial charge in [0.05, 0.1) is 0 Å². The maximum absolute atomic E-state index is 9.89. The van der Waals surface area contributed by atoms with Crippen LogP contribution in [0.5, 0.6) is 0 Å². The Morgan fingerprint density at radius 2 is 2.00 bits per heavy atom. The first-order valence-electron chi connectivity index (χ1n) is 4.54. The van der Waals surface area contributed by atoms with Crippen LogP contribution in [-0.4, -0.2) is 34.1 Å². The van der Waals surface area contributed by atoms with E-state index in [2.05, 4.69) is 18.9 Å². The van der Waals surface area contributed by atoms with E-state index in [4.69, 9.17) is 9.05 Å². The lowest BCUT2D eigenvalue weighted by molar-refractivity contribution is -0.0973. The number of hydrogen-bond acceptors (Lipinski definition) is 4. The van der Waals surface area contributed by atoms with Gasteiger partial charge in [0.1, 0.15) is 23.9 Å². The van der Waals surface area contributed by atoms with Crippen molar-refractivity contribution in [3.8, 4) is 0 Å². The van der Waals surface area contributed by atoms with Gasteiger partial charge in [-0.2, -0.15) is 0 Å². The number of aliphatic hydroxyl groups is 2. The summed E-state index contributed by atoms with van der Waals surface area (Å²) in [6.45, 7) is 1.81. The predicted octanol–water partition coefficient (Wildman–Crippen LogP) is 0.575. The molecule has 0 fully saturated rings. The molecule has 0 aromatic carbocycles. The highest BCUT2D eigenvalue weighted by molar-refractivity contribution is 7.10. The summed E-state index contributed by atoms with van der Waals surface area (Å²) in [5.41, 5.74) is -1.07. The van der Waals surface area contributed by atoms with Gasteiger partial charge < -0.3 is 19.3 Å². The third-order valence-corrected chi connectivity index (χ3v) is 3.19. The Balaban J connectivity index is 3.13. The first-order chi connectivity index (χ1) is 7.12. The molecule has 0 spiro atoms. The average Bonchev–Trinajstić information content (AvgIpc) is 2.24. The lowest BCUT2D eigenvalue weighted by Gasteiger charge is -2.42. The third-order valence-electron chi connectivity index (χ3n) is 2.49. The molecule has 6 atom stereocenters. The van der Waals surface area contributed by atoms with Gasteiger partial charge in [-0.1, -0.05) is 24.3 Å². The Kier molecular flexibility index (Phi) is 4.85. The predicted molar refractivity (Wildman–Crippen MR) is 64.1 cm³/mol. The van der Waals surface area contributed by atoms with Crippen molar-refractivity contribution in [3.05, 3.63) is 24.3 Å². The minimum atomic E-state index is -1.07. The van der Waals surface area contributed by atoms with E-state index in [0.717, 1.165) is 0 Å². The molecule has 0 saturated heterocycles. The van der Waals surface area contributed by atoms with Crippen LogP contribution in [-0.2, 0) is 9.05 Å². The summed E-state index contributed by atoms with van der Waals surface area (Å²) in [6.07, 6.45) is 4.06. The zero-order valence-corrected chi connectivity index (χ0v) is 10.7. The topological polar surface area (TPSA) is 58.9 Å². The fourth-order valence-electron chi connectivity index (χ4n) is 1.72. The Morgan fingerprint density at radius 3 is 2.47 bits per heavy atom. The monoisotopic (exact) mass is 250 g/mol. The van der Waals surface area contributed by atoms with Crippen LogP contribution in [0, 0.1) is 0 Å². The van der Waals surface area contributed by atoms with Crippen LogP contribution in [0.25, 0.3) is 0 Å². The first kappa shape index (κ1) is 13.2. The summed E-state index contributed by atoms with van der Waals surface area (Å²) in [5.74, 6) is 0. The molecule has 0 aromatic rings. The van der Waals surface area contributed by atoms with Crippen molar-refractivity contribution < 1.29 is 19.3 Å². The lowest BCUT2D eigenvalue weighted by Crippen LogP contribution is -2.57. The molecule has 0 saturated carbocycles. The Morgan fingerprint density at radius 1 is 1.33 bits per heavy atom. The fraction of sp³-hybridized carbons (Fsp3) is 0.556. The van der Waals surface area contributed by atoms with E-state index in [1.807, 2.05) is 6.92 Å². The molecule has 2 N–H and O–H groups in total. The molecule has 86 valence electrons. The van der Waals surface area contributed by atoms with E-state index >= 15 is 0 Å². The maximum Gasteiger partial charge on any atom is 0.148 e. The Bertz CT molecular complexity index is 269. The molecular weight excluding hydrogens is 234 g/mol. The second-order valence-corrected chi connectivity index (χ2v) is 3.86. The number of rotatable bonds is 3. The molecule has 0 aromatic heterocycles. The molecule has 1 aliphatic rings. The molecule has 2 unspecified atom stereocenters. The standard InChI is InChI=1S/C9H16O4P2/c1-2-5-9(13-15)7(11)4-3-6(10)8(9)12-14/h2-8,10-11H,14-15H2,1H3/b5-2-/t6-,7+,8+,9-/m0/s1. The van der Waals surface area contributed by atoms with Crippen LogP contribution in [0.4, 0.5) is 0 Å². The summed E-state index contributed by atoms with van der Waals surface area (Å²) in [4.78, 5) is 0. The normalized spacial score (nSPS) is 41.3. The van der Waals surface area contributed by atoms with Gasteiger partial charge in [0.2, 0.25) is 0 Å². The van der Waals surface area contributed by atoms with Gasteiger partial charge in [0.25, 0.3) is 0 Å². The Labute approximate surface area is 93.9 Å². The zero-order chi connectivity index (χ0) is 11.5. The summed E-state index contributed by atoms with van der Waals surface area (Å²) >= 11 is 0. The summed E-state index contributed by atoms with van der Waals surface area (Å²) in [7, 11) is 4.18. The van der Waals surface area contributed by atoms with Gasteiger partial charge in [-0.05, 0) is 6.92 Å². The highest BCUT2D eigenvalue weighted by Crippen LogP contribution is 2.35. The van der Waals surface area contributed by atoms with E-state index in [-0.39, 0.29) is 0 Å². The molecule has 0 amide bonds. The molecule has 0 radical (unpaired) electrons. The third kappa shape index (κ3) is 2.31.